The van der Waals surface area contributed by atoms with E-state index in [-0.39, 0.29) is 28.7 Å². The van der Waals surface area contributed by atoms with Crippen LogP contribution in [-0.2, 0) is 4.79 Å². The lowest BCUT2D eigenvalue weighted by atomic mass is 10.2. The topological polar surface area (TPSA) is 95.8 Å². The van der Waals surface area contributed by atoms with E-state index in [0.717, 1.165) is 11.8 Å². The summed E-state index contributed by atoms with van der Waals surface area (Å²) < 4.78 is 0. The molecule has 2 aromatic carbocycles. The van der Waals surface area contributed by atoms with Gasteiger partial charge in [0.2, 0.25) is 5.91 Å². The molecule has 152 valence electrons. The molecule has 3 rings (SSSR count). The molecule has 1 fully saturated rings. The van der Waals surface area contributed by atoms with Crippen molar-refractivity contribution in [2.75, 3.05) is 37.6 Å². The first-order valence-electron chi connectivity index (χ1n) is 8.85. The summed E-state index contributed by atoms with van der Waals surface area (Å²) in [4.78, 5) is 38.6. The fourth-order valence-electron chi connectivity index (χ4n) is 3.05. The lowest BCUT2D eigenvalue weighted by Crippen LogP contribution is -2.51. The highest BCUT2D eigenvalue weighted by atomic mass is 35.5. The Hall–Kier alpha value is -2.84. The standard InChI is InChI=1S/C19H18Cl2N4O4/c20-13-2-1-3-14(10-13)23-6-8-24(9-7-23)18(26)12-22-19(27)16-5-4-15(25(28)29)11-17(16)21/h1-5,10-11H,6-9,12H2,(H,22,27). The number of amides is 2. The number of rotatable bonds is 5. The molecule has 1 aliphatic rings. The number of carbonyl (C=O) groups is 2. The zero-order valence-electron chi connectivity index (χ0n) is 15.3. The van der Waals surface area contributed by atoms with Gasteiger partial charge in [0.15, 0.2) is 0 Å². The predicted octanol–water partition coefficient (Wildman–Crippen LogP) is 2.98. The van der Waals surface area contributed by atoms with Gasteiger partial charge in [-0.3, -0.25) is 19.7 Å². The number of hydrogen-bond donors (Lipinski definition) is 1. The first-order chi connectivity index (χ1) is 13.8. The molecular weight excluding hydrogens is 419 g/mol. The molecule has 0 unspecified atom stereocenters. The van der Waals surface area contributed by atoms with Gasteiger partial charge in [-0.25, -0.2) is 0 Å². The van der Waals surface area contributed by atoms with Crippen LogP contribution in [0.15, 0.2) is 42.5 Å². The molecule has 2 aromatic rings. The van der Waals surface area contributed by atoms with Crippen LogP contribution in [-0.4, -0.2) is 54.4 Å². The monoisotopic (exact) mass is 436 g/mol. The van der Waals surface area contributed by atoms with Gasteiger partial charge in [-0.2, -0.15) is 0 Å². The molecule has 0 spiro atoms. The van der Waals surface area contributed by atoms with Gasteiger partial charge < -0.3 is 15.1 Å². The molecule has 1 saturated heterocycles. The Morgan fingerprint density at radius 1 is 1.07 bits per heavy atom. The van der Waals surface area contributed by atoms with Crippen molar-refractivity contribution in [1.29, 1.82) is 0 Å². The number of carbonyl (C=O) groups excluding carboxylic acids is 2. The maximum atomic E-state index is 12.4. The Morgan fingerprint density at radius 3 is 2.41 bits per heavy atom. The molecule has 0 radical (unpaired) electrons. The first kappa shape index (κ1) is 20.9. The summed E-state index contributed by atoms with van der Waals surface area (Å²) >= 11 is 12.0. The zero-order valence-corrected chi connectivity index (χ0v) is 16.8. The molecule has 0 aromatic heterocycles. The van der Waals surface area contributed by atoms with Crippen LogP contribution in [0.3, 0.4) is 0 Å². The van der Waals surface area contributed by atoms with Crippen LogP contribution in [0.1, 0.15) is 10.4 Å². The summed E-state index contributed by atoms with van der Waals surface area (Å²) in [5.74, 6) is -0.766. The molecule has 0 bridgehead atoms. The number of non-ortho nitro benzene ring substituents is 1. The van der Waals surface area contributed by atoms with Gasteiger partial charge in [-0.1, -0.05) is 29.3 Å². The Bertz CT molecular complexity index is 946. The number of nitro groups is 1. The van der Waals surface area contributed by atoms with Crippen molar-refractivity contribution < 1.29 is 14.5 Å². The Labute approximate surface area is 177 Å². The number of nitrogens with one attached hydrogen (secondary N) is 1. The zero-order chi connectivity index (χ0) is 21.0. The van der Waals surface area contributed by atoms with Crippen molar-refractivity contribution in [1.82, 2.24) is 10.2 Å². The summed E-state index contributed by atoms with van der Waals surface area (Å²) in [6.07, 6.45) is 0. The second kappa shape index (κ2) is 9.11. The van der Waals surface area contributed by atoms with Crippen LogP contribution in [0.4, 0.5) is 11.4 Å². The van der Waals surface area contributed by atoms with Crippen molar-refractivity contribution >= 4 is 46.4 Å². The number of hydrogen-bond acceptors (Lipinski definition) is 5. The van der Waals surface area contributed by atoms with E-state index in [0.29, 0.717) is 31.2 Å². The maximum absolute atomic E-state index is 12.4. The lowest BCUT2D eigenvalue weighted by Gasteiger charge is -2.36. The molecule has 1 aliphatic heterocycles. The summed E-state index contributed by atoms with van der Waals surface area (Å²) in [6, 6.07) is 11.1. The van der Waals surface area contributed by atoms with E-state index in [1.165, 1.54) is 12.1 Å². The van der Waals surface area contributed by atoms with E-state index in [1.54, 1.807) is 4.90 Å². The molecular formula is C19H18Cl2N4O4. The van der Waals surface area contributed by atoms with E-state index < -0.39 is 10.8 Å². The van der Waals surface area contributed by atoms with Crippen LogP contribution in [0.5, 0.6) is 0 Å². The number of nitrogens with zero attached hydrogens (tertiary/aromatic N) is 3. The SMILES string of the molecule is O=C(NCC(=O)N1CCN(c2cccc(Cl)c2)CC1)c1ccc([N+](=O)[O-])cc1Cl. The average molecular weight is 437 g/mol. The number of anilines is 1. The summed E-state index contributed by atoms with van der Waals surface area (Å²) in [5.41, 5.74) is 0.877. The summed E-state index contributed by atoms with van der Waals surface area (Å²) in [5, 5.41) is 13.9. The van der Waals surface area contributed by atoms with Crippen LogP contribution < -0.4 is 10.2 Å². The van der Waals surface area contributed by atoms with Crippen molar-refractivity contribution in [3.05, 3.63) is 68.2 Å². The molecule has 0 aliphatic carbocycles. The van der Waals surface area contributed by atoms with E-state index in [9.17, 15) is 19.7 Å². The number of halogens is 2. The average Bonchev–Trinajstić information content (AvgIpc) is 2.71. The van der Waals surface area contributed by atoms with Gasteiger partial charge in [0.1, 0.15) is 0 Å². The third-order valence-corrected chi connectivity index (χ3v) is 5.16. The van der Waals surface area contributed by atoms with E-state index in [2.05, 4.69) is 10.2 Å². The van der Waals surface area contributed by atoms with Crippen molar-refractivity contribution in [3.8, 4) is 0 Å². The minimum Gasteiger partial charge on any atom is -0.368 e. The lowest BCUT2D eigenvalue weighted by molar-refractivity contribution is -0.384. The second-order valence-electron chi connectivity index (χ2n) is 6.45. The molecule has 0 atom stereocenters. The number of piperazine rings is 1. The molecule has 0 saturated carbocycles. The first-order valence-corrected chi connectivity index (χ1v) is 9.61. The third-order valence-electron chi connectivity index (χ3n) is 4.61. The maximum Gasteiger partial charge on any atom is 0.270 e. The highest BCUT2D eigenvalue weighted by Gasteiger charge is 2.22. The molecule has 1 N–H and O–H groups in total. The van der Waals surface area contributed by atoms with Gasteiger partial charge in [-0.15, -0.1) is 0 Å². The highest BCUT2D eigenvalue weighted by Crippen LogP contribution is 2.23. The van der Waals surface area contributed by atoms with E-state index in [1.807, 2.05) is 24.3 Å². The molecule has 29 heavy (non-hydrogen) atoms. The Kier molecular flexibility index (Phi) is 6.56. The van der Waals surface area contributed by atoms with Gasteiger partial charge >= 0.3 is 0 Å². The van der Waals surface area contributed by atoms with Crippen molar-refractivity contribution in [2.45, 2.75) is 0 Å². The fourth-order valence-corrected chi connectivity index (χ4v) is 3.50. The molecule has 1 heterocycles. The van der Waals surface area contributed by atoms with Gasteiger partial charge in [0.05, 0.1) is 22.1 Å². The highest BCUT2D eigenvalue weighted by molar-refractivity contribution is 6.34. The number of benzene rings is 2. The minimum absolute atomic E-state index is 0.0423. The van der Waals surface area contributed by atoms with Crippen molar-refractivity contribution in [3.63, 3.8) is 0 Å². The Balaban J connectivity index is 1.51. The summed E-state index contributed by atoms with van der Waals surface area (Å²) in [6.45, 7) is 2.20. The van der Waals surface area contributed by atoms with E-state index in [4.69, 9.17) is 23.2 Å². The largest absolute Gasteiger partial charge is 0.368 e. The third kappa shape index (κ3) is 5.16. The summed E-state index contributed by atoms with van der Waals surface area (Å²) in [7, 11) is 0. The molecule has 2 amide bonds. The molecule has 8 nitrogen and oxygen atoms in total. The fraction of sp³-hybridized carbons (Fsp3) is 0.263. The second-order valence-corrected chi connectivity index (χ2v) is 7.30. The van der Waals surface area contributed by atoms with Crippen molar-refractivity contribution in [2.24, 2.45) is 0 Å². The molecule has 10 heteroatoms. The normalized spacial score (nSPS) is 13.9. The quantitative estimate of drug-likeness (QED) is 0.573. The van der Waals surface area contributed by atoms with Crippen LogP contribution in [0.25, 0.3) is 0 Å². The Morgan fingerprint density at radius 2 is 1.79 bits per heavy atom. The van der Waals surface area contributed by atoms with Crippen LogP contribution in [0.2, 0.25) is 10.0 Å². The minimum atomic E-state index is -0.597. The smallest absolute Gasteiger partial charge is 0.270 e. The van der Waals surface area contributed by atoms with Crippen LogP contribution in [0, 0.1) is 10.1 Å². The van der Waals surface area contributed by atoms with Gasteiger partial charge in [-0.05, 0) is 24.3 Å². The van der Waals surface area contributed by atoms with E-state index >= 15 is 0 Å². The van der Waals surface area contributed by atoms with Gasteiger partial charge in [0.25, 0.3) is 11.6 Å². The van der Waals surface area contributed by atoms with Gasteiger partial charge in [0, 0.05) is 49.0 Å². The predicted molar refractivity (Wildman–Crippen MR) is 111 cm³/mol. The number of nitro benzene ring substituents is 1. The van der Waals surface area contributed by atoms with Crippen LogP contribution >= 0.6 is 23.2 Å².